The Hall–Kier alpha value is -0.800. The van der Waals surface area contributed by atoms with E-state index in [0.29, 0.717) is 0 Å². The summed E-state index contributed by atoms with van der Waals surface area (Å²) in [4.78, 5) is 0. The molecule has 12 heavy (non-hydrogen) atoms. The molecule has 0 saturated heterocycles. The lowest BCUT2D eigenvalue weighted by atomic mass is 10.2. The predicted octanol–water partition coefficient (Wildman–Crippen LogP) is 2.69. The molecule has 0 atom stereocenters. The molecule has 0 aliphatic rings. The smallest absolute Gasteiger partial charge is 0.148 e. The Morgan fingerprint density at radius 3 is 3.00 bits per heavy atom. The van der Waals surface area contributed by atoms with Gasteiger partial charge in [0.05, 0.1) is 17.3 Å². The van der Waals surface area contributed by atoms with E-state index in [9.17, 15) is 0 Å². The largest absolute Gasteiger partial charge is 0.463 e. The van der Waals surface area contributed by atoms with E-state index in [4.69, 9.17) is 9.52 Å². The number of benzene rings is 1. The summed E-state index contributed by atoms with van der Waals surface area (Å²) >= 11 is 3.36. The van der Waals surface area contributed by atoms with E-state index in [0.717, 1.165) is 21.0 Å². The third kappa shape index (κ3) is 1.06. The molecule has 1 aromatic heterocycles. The first-order valence-corrected chi connectivity index (χ1v) is 4.37. The van der Waals surface area contributed by atoms with Crippen molar-refractivity contribution in [2.75, 3.05) is 0 Å². The molecule has 1 N–H and O–H groups in total. The minimum absolute atomic E-state index is 0.0173. The van der Waals surface area contributed by atoms with Gasteiger partial charge in [0, 0.05) is 10.9 Å². The molecule has 0 saturated carbocycles. The van der Waals surface area contributed by atoms with Gasteiger partial charge in [0.2, 0.25) is 0 Å². The van der Waals surface area contributed by atoms with Crippen LogP contribution < -0.4 is 0 Å². The standard InChI is InChI=1S/C9H7BrO2/c10-8-3-1-2-7-6(4-11)5-12-9(7)8/h1-3,5,11H,4H2. The van der Waals surface area contributed by atoms with Gasteiger partial charge in [-0.25, -0.2) is 0 Å². The molecule has 1 heterocycles. The fourth-order valence-electron chi connectivity index (χ4n) is 1.20. The van der Waals surface area contributed by atoms with Crippen molar-refractivity contribution < 1.29 is 9.52 Å². The van der Waals surface area contributed by atoms with Crippen LogP contribution in [0, 0.1) is 0 Å². The van der Waals surface area contributed by atoms with Gasteiger partial charge in [0.25, 0.3) is 0 Å². The highest BCUT2D eigenvalue weighted by molar-refractivity contribution is 9.10. The predicted molar refractivity (Wildman–Crippen MR) is 49.8 cm³/mol. The van der Waals surface area contributed by atoms with E-state index in [-0.39, 0.29) is 6.61 Å². The molecular weight excluding hydrogens is 220 g/mol. The van der Waals surface area contributed by atoms with Crippen LogP contribution >= 0.6 is 15.9 Å². The van der Waals surface area contributed by atoms with E-state index in [1.807, 2.05) is 18.2 Å². The molecule has 0 aliphatic carbocycles. The van der Waals surface area contributed by atoms with Gasteiger partial charge in [-0.1, -0.05) is 12.1 Å². The van der Waals surface area contributed by atoms with Crippen molar-refractivity contribution >= 4 is 26.9 Å². The van der Waals surface area contributed by atoms with Crippen molar-refractivity contribution in [3.63, 3.8) is 0 Å². The lowest BCUT2D eigenvalue weighted by Crippen LogP contribution is -1.77. The molecule has 2 rings (SSSR count). The molecule has 0 fully saturated rings. The van der Waals surface area contributed by atoms with Gasteiger partial charge in [-0.15, -0.1) is 0 Å². The summed E-state index contributed by atoms with van der Waals surface area (Å²) in [5, 5.41) is 9.90. The maximum atomic E-state index is 8.94. The van der Waals surface area contributed by atoms with Gasteiger partial charge in [-0.3, -0.25) is 0 Å². The Morgan fingerprint density at radius 1 is 1.42 bits per heavy atom. The Bertz CT molecular complexity index is 406. The number of para-hydroxylation sites is 1. The second-order valence-corrected chi connectivity index (χ2v) is 3.39. The number of fused-ring (bicyclic) bond motifs is 1. The molecule has 3 heteroatoms. The number of rotatable bonds is 1. The van der Waals surface area contributed by atoms with E-state index in [2.05, 4.69) is 15.9 Å². The van der Waals surface area contributed by atoms with Crippen LogP contribution in [0.5, 0.6) is 0 Å². The Morgan fingerprint density at radius 2 is 2.25 bits per heavy atom. The molecule has 0 bridgehead atoms. The Balaban J connectivity index is 2.80. The lowest BCUT2D eigenvalue weighted by molar-refractivity contribution is 0.281. The minimum Gasteiger partial charge on any atom is -0.463 e. The zero-order chi connectivity index (χ0) is 8.55. The van der Waals surface area contributed by atoms with Crippen LogP contribution in [-0.4, -0.2) is 5.11 Å². The molecule has 0 amide bonds. The molecule has 2 nitrogen and oxygen atoms in total. The van der Waals surface area contributed by atoms with E-state index < -0.39 is 0 Å². The molecule has 2 aromatic rings. The van der Waals surface area contributed by atoms with E-state index >= 15 is 0 Å². The summed E-state index contributed by atoms with van der Waals surface area (Å²) in [7, 11) is 0. The quantitative estimate of drug-likeness (QED) is 0.812. The molecule has 0 spiro atoms. The third-order valence-corrected chi connectivity index (χ3v) is 2.43. The molecule has 0 unspecified atom stereocenters. The molecule has 1 aromatic carbocycles. The van der Waals surface area contributed by atoms with Crippen LogP contribution in [0.2, 0.25) is 0 Å². The summed E-state index contributed by atoms with van der Waals surface area (Å²) in [6.07, 6.45) is 1.58. The van der Waals surface area contributed by atoms with Crippen molar-refractivity contribution in [1.82, 2.24) is 0 Å². The van der Waals surface area contributed by atoms with Gasteiger partial charge in [-0.05, 0) is 22.0 Å². The highest BCUT2D eigenvalue weighted by Crippen LogP contribution is 2.27. The highest BCUT2D eigenvalue weighted by Gasteiger charge is 2.06. The van der Waals surface area contributed by atoms with Crippen LogP contribution in [0.15, 0.2) is 33.4 Å². The zero-order valence-corrected chi connectivity index (χ0v) is 7.84. The Kier molecular flexibility index (Phi) is 1.90. The monoisotopic (exact) mass is 226 g/mol. The lowest BCUT2D eigenvalue weighted by Gasteiger charge is -1.92. The van der Waals surface area contributed by atoms with Gasteiger partial charge in [-0.2, -0.15) is 0 Å². The topological polar surface area (TPSA) is 33.4 Å². The van der Waals surface area contributed by atoms with Crippen LogP contribution in [0.3, 0.4) is 0 Å². The maximum Gasteiger partial charge on any atom is 0.148 e. The Labute approximate surface area is 77.9 Å². The second kappa shape index (κ2) is 2.92. The van der Waals surface area contributed by atoms with Crippen LogP contribution in [-0.2, 0) is 6.61 Å². The first kappa shape index (κ1) is 7.83. The normalized spacial score (nSPS) is 10.8. The van der Waals surface area contributed by atoms with Gasteiger partial charge < -0.3 is 9.52 Å². The van der Waals surface area contributed by atoms with Gasteiger partial charge in [0.1, 0.15) is 5.58 Å². The first-order chi connectivity index (χ1) is 5.83. The number of hydrogen-bond donors (Lipinski definition) is 1. The highest BCUT2D eigenvalue weighted by atomic mass is 79.9. The molecule has 0 aliphatic heterocycles. The average molecular weight is 227 g/mol. The fraction of sp³-hybridized carbons (Fsp3) is 0.111. The van der Waals surface area contributed by atoms with Crippen LogP contribution in [0.25, 0.3) is 11.0 Å². The van der Waals surface area contributed by atoms with Crippen molar-refractivity contribution in [3.8, 4) is 0 Å². The average Bonchev–Trinajstić information content (AvgIpc) is 2.49. The van der Waals surface area contributed by atoms with E-state index in [1.165, 1.54) is 0 Å². The summed E-state index contributed by atoms with van der Waals surface area (Å²) in [5.74, 6) is 0. The molecular formula is C9H7BrO2. The summed E-state index contributed by atoms with van der Waals surface area (Å²) in [5.41, 5.74) is 1.62. The van der Waals surface area contributed by atoms with Gasteiger partial charge >= 0.3 is 0 Å². The van der Waals surface area contributed by atoms with Gasteiger partial charge in [0.15, 0.2) is 0 Å². The third-order valence-electron chi connectivity index (χ3n) is 1.80. The fourth-order valence-corrected chi connectivity index (χ4v) is 1.66. The first-order valence-electron chi connectivity index (χ1n) is 3.58. The van der Waals surface area contributed by atoms with Crippen molar-refractivity contribution in [3.05, 3.63) is 34.5 Å². The number of furan rings is 1. The van der Waals surface area contributed by atoms with Crippen LogP contribution in [0.1, 0.15) is 5.56 Å². The second-order valence-electron chi connectivity index (χ2n) is 2.54. The summed E-state index contributed by atoms with van der Waals surface area (Å²) < 4.78 is 6.18. The molecule has 0 radical (unpaired) electrons. The maximum absolute atomic E-state index is 8.94. The number of aliphatic hydroxyl groups is 1. The minimum atomic E-state index is 0.0173. The van der Waals surface area contributed by atoms with Crippen LogP contribution in [0.4, 0.5) is 0 Å². The van der Waals surface area contributed by atoms with E-state index in [1.54, 1.807) is 6.26 Å². The van der Waals surface area contributed by atoms with Crippen molar-refractivity contribution in [1.29, 1.82) is 0 Å². The number of halogens is 1. The summed E-state index contributed by atoms with van der Waals surface area (Å²) in [6.45, 7) is 0.0173. The number of aliphatic hydroxyl groups excluding tert-OH is 1. The zero-order valence-electron chi connectivity index (χ0n) is 6.25. The SMILES string of the molecule is OCc1coc2c(Br)cccc12. The molecule has 62 valence electrons. The van der Waals surface area contributed by atoms with Crippen molar-refractivity contribution in [2.45, 2.75) is 6.61 Å². The summed E-state index contributed by atoms with van der Waals surface area (Å²) in [6, 6.07) is 5.75. The van der Waals surface area contributed by atoms with Crippen molar-refractivity contribution in [2.24, 2.45) is 0 Å². The number of hydrogen-bond acceptors (Lipinski definition) is 2.